The second-order valence-corrected chi connectivity index (χ2v) is 5.53. The van der Waals surface area contributed by atoms with Crippen LogP contribution in [-0.2, 0) is 4.79 Å². The van der Waals surface area contributed by atoms with Crippen LogP contribution in [0.15, 0.2) is 0 Å². The number of carboxylic acids is 1. The Hall–Kier alpha value is -0.610. The highest BCUT2D eigenvalue weighted by atomic mass is 16.4. The van der Waals surface area contributed by atoms with Gasteiger partial charge in [-0.3, -0.25) is 4.79 Å². The van der Waals surface area contributed by atoms with Gasteiger partial charge in [0.1, 0.15) is 6.04 Å². The molecule has 0 aromatic rings. The Labute approximate surface area is 104 Å². The zero-order valence-electron chi connectivity index (χ0n) is 11.3. The van der Waals surface area contributed by atoms with Crippen LogP contribution in [0.25, 0.3) is 0 Å². The molecule has 1 rings (SSSR count). The van der Waals surface area contributed by atoms with E-state index in [9.17, 15) is 4.79 Å². The van der Waals surface area contributed by atoms with Crippen molar-refractivity contribution in [3.63, 3.8) is 0 Å². The van der Waals surface area contributed by atoms with E-state index >= 15 is 0 Å². The number of rotatable bonds is 6. The summed E-state index contributed by atoms with van der Waals surface area (Å²) in [6, 6.07) is -0.188. The van der Waals surface area contributed by atoms with Crippen LogP contribution in [0.4, 0.5) is 0 Å². The highest BCUT2D eigenvalue weighted by Crippen LogP contribution is 2.16. The lowest BCUT2D eigenvalue weighted by Crippen LogP contribution is -2.44. The van der Waals surface area contributed by atoms with Gasteiger partial charge in [-0.05, 0) is 38.3 Å². The molecule has 0 aromatic heterocycles. The summed E-state index contributed by atoms with van der Waals surface area (Å²) < 4.78 is 0. The van der Waals surface area contributed by atoms with Gasteiger partial charge in [-0.15, -0.1) is 0 Å². The lowest BCUT2D eigenvalue weighted by atomic mass is 9.99. The van der Waals surface area contributed by atoms with Crippen molar-refractivity contribution in [3.05, 3.63) is 0 Å². The summed E-state index contributed by atoms with van der Waals surface area (Å²) in [7, 11) is 0. The summed E-state index contributed by atoms with van der Waals surface area (Å²) >= 11 is 0. The summed E-state index contributed by atoms with van der Waals surface area (Å²) in [5.74, 6) is 0.0967. The SMILES string of the molecule is CC1CCN(CCC(NC(C)C)C(=O)O)CC1. The molecule has 2 N–H and O–H groups in total. The molecule has 0 amide bonds. The lowest BCUT2D eigenvalue weighted by molar-refractivity contribution is -0.140. The molecule has 17 heavy (non-hydrogen) atoms. The van der Waals surface area contributed by atoms with Gasteiger partial charge in [-0.25, -0.2) is 0 Å². The van der Waals surface area contributed by atoms with E-state index in [-0.39, 0.29) is 6.04 Å². The number of hydrogen-bond acceptors (Lipinski definition) is 3. The molecule has 0 aromatic carbocycles. The molecule has 1 unspecified atom stereocenters. The largest absolute Gasteiger partial charge is 0.480 e. The zero-order valence-corrected chi connectivity index (χ0v) is 11.3. The second-order valence-electron chi connectivity index (χ2n) is 5.53. The van der Waals surface area contributed by atoms with E-state index in [0.717, 1.165) is 25.6 Å². The van der Waals surface area contributed by atoms with E-state index in [1.165, 1.54) is 12.8 Å². The molecule has 1 fully saturated rings. The maximum absolute atomic E-state index is 11.1. The smallest absolute Gasteiger partial charge is 0.320 e. The maximum atomic E-state index is 11.1. The number of carboxylic acid groups (broad SMARTS) is 1. The van der Waals surface area contributed by atoms with E-state index in [1.54, 1.807) is 0 Å². The Morgan fingerprint density at radius 1 is 1.41 bits per heavy atom. The van der Waals surface area contributed by atoms with Crippen molar-refractivity contribution in [2.45, 2.75) is 52.1 Å². The van der Waals surface area contributed by atoms with Crippen LogP contribution in [0, 0.1) is 5.92 Å². The van der Waals surface area contributed by atoms with Crippen molar-refractivity contribution >= 4 is 5.97 Å². The molecule has 1 heterocycles. The highest BCUT2D eigenvalue weighted by Gasteiger charge is 2.21. The van der Waals surface area contributed by atoms with E-state index in [4.69, 9.17) is 5.11 Å². The lowest BCUT2D eigenvalue weighted by Gasteiger charge is -2.31. The van der Waals surface area contributed by atoms with Gasteiger partial charge in [0.15, 0.2) is 0 Å². The fourth-order valence-electron chi connectivity index (χ4n) is 2.28. The molecule has 4 heteroatoms. The van der Waals surface area contributed by atoms with E-state index in [1.807, 2.05) is 13.8 Å². The topological polar surface area (TPSA) is 52.6 Å². The summed E-state index contributed by atoms with van der Waals surface area (Å²) in [6.07, 6.45) is 3.19. The van der Waals surface area contributed by atoms with Gasteiger partial charge in [-0.2, -0.15) is 0 Å². The molecule has 1 saturated heterocycles. The summed E-state index contributed by atoms with van der Waals surface area (Å²) in [5, 5.41) is 12.2. The molecule has 0 radical (unpaired) electrons. The fraction of sp³-hybridized carbons (Fsp3) is 0.923. The van der Waals surface area contributed by atoms with Crippen molar-refractivity contribution in [3.8, 4) is 0 Å². The number of piperidine rings is 1. The van der Waals surface area contributed by atoms with Gasteiger partial charge in [0.05, 0.1) is 0 Å². The van der Waals surface area contributed by atoms with E-state index < -0.39 is 12.0 Å². The fourth-order valence-corrected chi connectivity index (χ4v) is 2.28. The van der Waals surface area contributed by atoms with Gasteiger partial charge in [-0.1, -0.05) is 20.8 Å². The normalized spacial score (nSPS) is 20.7. The van der Waals surface area contributed by atoms with E-state index in [0.29, 0.717) is 6.42 Å². The van der Waals surface area contributed by atoms with Gasteiger partial charge in [0, 0.05) is 12.6 Å². The first kappa shape index (κ1) is 14.5. The minimum Gasteiger partial charge on any atom is -0.480 e. The van der Waals surface area contributed by atoms with Crippen molar-refractivity contribution in [2.75, 3.05) is 19.6 Å². The Balaban J connectivity index is 2.29. The first-order valence-electron chi connectivity index (χ1n) is 6.70. The van der Waals surface area contributed by atoms with Crippen LogP contribution in [0.5, 0.6) is 0 Å². The Morgan fingerprint density at radius 3 is 2.47 bits per heavy atom. The average Bonchev–Trinajstić information content (AvgIpc) is 2.25. The van der Waals surface area contributed by atoms with Crippen molar-refractivity contribution < 1.29 is 9.90 Å². The third kappa shape index (κ3) is 5.50. The number of nitrogens with zero attached hydrogens (tertiary/aromatic N) is 1. The number of hydrogen-bond donors (Lipinski definition) is 2. The van der Waals surface area contributed by atoms with Crippen LogP contribution in [0.1, 0.15) is 40.0 Å². The molecule has 1 aliphatic rings. The van der Waals surface area contributed by atoms with Gasteiger partial charge in [0.2, 0.25) is 0 Å². The molecule has 0 aliphatic carbocycles. The van der Waals surface area contributed by atoms with Crippen molar-refractivity contribution in [1.29, 1.82) is 0 Å². The average molecular weight is 242 g/mol. The Kier molecular flexibility index (Phi) is 5.92. The monoisotopic (exact) mass is 242 g/mol. The number of nitrogens with one attached hydrogen (secondary N) is 1. The number of carbonyl (C=O) groups is 1. The highest BCUT2D eigenvalue weighted by molar-refractivity contribution is 5.73. The summed E-state index contributed by atoms with van der Waals surface area (Å²) in [5.41, 5.74) is 0. The Bertz CT molecular complexity index is 236. The third-order valence-electron chi connectivity index (χ3n) is 3.44. The van der Waals surface area contributed by atoms with Crippen LogP contribution >= 0.6 is 0 Å². The second kappa shape index (κ2) is 6.97. The zero-order chi connectivity index (χ0) is 12.8. The third-order valence-corrected chi connectivity index (χ3v) is 3.44. The van der Waals surface area contributed by atoms with Crippen LogP contribution < -0.4 is 5.32 Å². The molecule has 1 atom stereocenters. The quantitative estimate of drug-likeness (QED) is 0.742. The number of likely N-dealkylation sites (tertiary alicyclic amines) is 1. The molecular weight excluding hydrogens is 216 g/mol. The Morgan fingerprint density at radius 2 is 2.00 bits per heavy atom. The van der Waals surface area contributed by atoms with Gasteiger partial charge < -0.3 is 15.3 Å². The van der Waals surface area contributed by atoms with Crippen LogP contribution in [0.3, 0.4) is 0 Å². The molecule has 0 bridgehead atoms. The van der Waals surface area contributed by atoms with Gasteiger partial charge in [0.25, 0.3) is 0 Å². The summed E-state index contributed by atoms with van der Waals surface area (Å²) in [6.45, 7) is 9.39. The predicted molar refractivity (Wildman–Crippen MR) is 69.2 cm³/mol. The number of aliphatic carboxylic acids is 1. The molecule has 0 saturated carbocycles. The predicted octanol–water partition coefficient (Wildman–Crippen LogP) is 1.56. The molecule has 4 nitrogen and oxygen atoms in total. The first-order valence-corrected chi connectivity index (χ1v) is 6.70. The molecular formula is C13H26N2O2. The molecule has 0 spiro atoms. The minimum absolute atomic E-state index is 0.220. The van der Waals surface area contributed by atoms with Crippen LogP contribution in [0.2, 0.25) is 0 Å². The first-order chi connectivity index (χ1) is 7.99. The minimum atomic E-state index is -0.732. The van der Waals surface area contributed by atoms with Crippen molar-refractivity contribution in [1.82, 2.24) is 10.2 Å². The van der Waals surface area contributed by atoms with Crippen LogP contribution in [-0.4, -0.2) is 47.7 Å². The van der Waals surface area contributed by atoms with E-state index in [2.05, 4.69) is 17.1 Å². The molecule has 100 valence electrons. The summed E-state index contributed by atoms with van der Waals surface area (Å²) in [4.78, 5) is 13.5. The standard InChI is InChI=1S/C13H26N2O2/c1-10(2)14-12(13(16)17)6-9-15-7-4-11(3)5-8-15/h10-12,14H,4-9H2,1-3H3,(H,16,17). The molecule has 1 aliphatic heterocycles. The van der Waals surface area contributed by atoms with Crippen molar-refractivity contribution in [2.24, 2.45) is 5.92 Å². The maximum Gasteiger partial charge on any atom is 0.320 e. The van der Waals surface area contributed by atoms with Gasteiger partial charge >= 0.3 is 5.97 Å².